The highest BCUT2D eigenvalue weighted by Gasteiger charge is 2.43. The summed E-state index contributed by atoms with van der Waals surface area (Å²) in [6.45, 7) is 6.17. The summed E-state index contributed by atoms with van der Waals surface area (Å²) < 4.78 is 11.7. The normalized spacial score (nSPS) is 20.8. The van der Waals surface area contributed by atoms with Gasteiger partial charge in [-0.2, -0.15) is 0 Å². The van der Waals surface area contributed by atoms with Crippen molar-refractivity contribution < 1.29 is 24.2 Å². The summed E-state index contributed by atoms with van der Waals surface area (Å²) in [5, 5.41) is 9.84. The topological polar surface area (TPSA) is 76.1 Å². The summed E-state index contributed by atoms with van der Waals surface area (Å²) in [5.74, 6) is -1.13. The maximum absolute atomic E-state index is 13.0. The molecule has 0 aromatic heterocycles. The molecule has 0 bridgehead atoms. The molecule has 1 fully saturated rings. The number of aliphatic carboxylic acids is 1. The first-order chi connectivity index (χ1) is 14.8. The van der Waals surface area contributed by atoms with Crippen molar-refractivity contribution in [1.82, 2.24) is 4.90 Å². The molecule has 2 aromatic carbocycles. The molecule has 1 saturated heterocycles. The molecule has 31 heavy (non-hydrogen) atoms. The quantitative estimate of drug-likeness (QED) is 0.774. The van der Waals surface area contributed by atoms with Crippen LogP contribution in [0.25, 0.3) is 11.1 Å². The SMILES string of the molecule is CC(C)(C)OC1CCCN(C(=O)OCC2c3ccccc3-c3ccccc32)C1C(=O)O. The number of amides is 1. The van der Waals surface area contributed by atoms with Crippen LogP contribution in [-0.2, 0) is 14.3 Å². The Kier molecular flexibility index (Phi) is 5.75. The number of nitrogens with zero attached hydrogens (tertiary/aromatic N) is 1. The van der Waals surface area contributed by atoms with E-state index in [1.165, 1.54) is 4.90 Å². The first-order valence-electron chi connectivity index (χ1n) is 10.8. The van der Waals surface area contributed by atoms with Gasteiger partial charge in [-0.1, -0.05) is 48.5 Å². The van der Waals surface area contributed by atoms with Crippen LogP contribution in [0.3, 0.4) is 0 Å². The minimum absolute atomic E-state index is 0.0639. The van der Waals surface area contributed by atoms with Crippen molar-refractivity contribution in [2.75, 3.05) is 13.2 Å². The second-order valence-corrected chi connectivity index (χ2v) is 9.19. The number of benzene rings is 2. The lowest BCUT2D eigenvalue weighted by Gasteiger charge is -2.40. The highest BCUT2D eigenvalue weighted by atomic mass is 16.6. The van der Waals surface area contributed by atoms with Gasteiger partial charge in [-0.15, -0.1) is 0 Å². The minimum Gasteiger partial charge on any atom is -0.480 e. The maximum atomic E-state index is 13.0. The molecule has 1 amide bonds. The fourth-order valence-electron chi connectivity index (χ4n) is 4.71. The summed E-state index contributed by atoms with van der Waals surface area (Å²) in [6.07, 6.45) is 0.110. The molecule has 2 atom stereocenters. The van der Waals surface area contributed by atoms with Crippen LogP contribution in [0.4, 0.5) is 4.79 Å². The van der Waals surface area contributed by atoms with E-state index >= 15 is 0 Å². The molecule has 0 saturated carbocycles. The van der Waals surface area contributed by atoms with Crippen LogP contribution in [-0.4, -0.2) is 53.0 Å². The second-order valence-electron chi connectivity index (χ2n) is 9.19. The van der Waals surface area contributed by atoms with Gasteiger partial charge in [-0.05, 0) is 55.9 Å². The van der Waals surface area contributed by atoms with Crippen LogP contribution >= 0.6 is 0 Å². The van der Waals surface area contributed by atoms with E-state index in [0.29, 0.717) is 19.4 Å². The lowest BCUT2D eigenvalue weighted by molar-refractivity contribution is -0.160. The number of piperidine rings is 1. The molecule has 2 unspecified atom stereocenters. The van der Waals surface area contributed by atoms with E-state index in [9.17, 15) is 14.7 Å². The van der Waals surface area contributed by atoms with Crippen LogP contribution in [0, 0.1) is 0 Å². The molecule has 2 aromatic rings. The molecule has 1 aliphatic heterocycles. The van der Waals surface area contributed by atoms with Crippen LogP contribution in [0.2, 0.25) is 0 Å². The average Bonchev–Trinajstić information content (AvgIpc) is 3.04. The van der Waals surface area contributed by atoms with Crippen molar-refractivity contribution in [2.24, 2.45) is 0 Å². The van der Waals surface area contributed by atoms with Gasteiger partial charge < -0.3 is 14.6 Å². The molecule has 2 aliphatic rings. The number of carbonyl (C=O) groups excluding carboxylic acids is 1. The Balaban J connectivity index is 1.51. The Morgan fingerprint density at radius 2 is 1.61 bits per heavy atom. The standard InChI is InChI=1S/C25H29NO5/c1-25(2,3)31-21-13-8-14-26(22(21)23(27)28)24(29)30-15-20-18-11-6-4-9-16(18)17-10-5-7-12-19(17)20/h4-7,9-12,20-22H,8,13-15H2,1-3H3,(H,27,28). The smallest absolute Gasteiger partial charge is 0.410 e. The van der Waals surface area contributed by atoms with Crippen molar-refractivity contribution in [3.8, 4) is 11.1 Å². The number of likely N-dealkylation sites (tertiary alicyclic amines) is 1. The highest BCUT2D eigenvalue weighted by molar-refractivity contribution is 5.82. The summed E-state index contributed by atoms with van der Waals surface area (Å²) >= 11 is 0. The van der Waals surface area contributed by atoms with E-state index in [0.717, 1.165) is 22.3 Å². The van der Waals surface area contributed by atoms with E-state index < -0.39 is 29.8 Å². The monoisotopic (exact) mass is 423 g/mol. The van der Waals surface area contributed by atoms with Crippen LogP contribution in [0.5, 0.6) is 0 Å². The molecular weight excluding hydrogens is 394 g/mol. The van der Waals surface area contributed by atoms with Crippen LogP contribution in [0.15, 0.2) is 48.5 Å². The number of carboxylic acids is 1. The zero-order valence-corrected chi connectivity index (χ0v) is 18.2. The van der Waals surface area contributed by atoms with Crippen molar-refractivity contribution in [3.63, 3.8) is 0 Å². The number of hydrogen-bond donors (Lipinski definition) is 1. The lowest BCUT2D eigenvalue weighted by Crippen LogP contribution is -2.57. The second kappa shape index (κ2) is 8.35. The van der Waals surface area contributed by atoms with Gasteiger partial charge in [0.25, 0.3) is 0 Å². The summed E-state index contributed by atoms with van der Waals surface area (Å²) in [5.41, 5.74) is 4.05. The van der Waals surface area contributed by atoms with E-state index in [2.05, 4.69) is 24.3 Å². The maximum Gasteiger partial charge on any atom is 0.410 e. The van der Waals surface area contributed by atoms with Crippen LogP contribution in [0.1, 0.15) is 50.7 Å². The van der Waals surface area contributed by atoms with Gasteiger partial charge in [0.1, 0.15) is 6.61 Å². The number of rotatable bonds is 4. The van der Waals surface area contributed by atoms with Gasteiger partial charge in [0, 0.05) is 12.5 Å². The Morgan fingerprint density at radius 1 is 1.03 bits per heavy atom. The van der Waals surface area contributed by atoms with Gasteiger partial charge >= 0.3 is 12.1 Å². The van der Waals surface area contributed by atoms with E-state index in [1.54, 1.807) is 0 Å². The molecule has 1 N–H and O–H groups in total. The first-order valence-corrected chi connectivity index (χ1v) is 10.8. The van der Waals surface area contributed by atoms with Crippen molar-refractivity contribution in [3.05, 3.63) is 59.7 Å². The molecular formula is C25H29NO5. The Hall–Kier alpha value is -2.86. The summed E-state index contributed by atoms with van der Waals surface area (Å²) in [4.78, 5) is 26.3. The third kappa shape index (κ3) is 4.30. The molecule has 6 heteroatoms. The Bertz CT molecular complexity index is 934. The van der Waals surface area contributed by atoms with Crippen molar-refractivity contribution >= 4 is 12.1 Å². The number of ether oxygens (including phenoxy) is 2. The lowest BCUT2D eigenvalue weighted by atomic mass is 9.97. The van der Waals surface area contributed by atoms with Crippen LogP contribution < -0.4 is 0 Å². The molecule has 1 aliphatic carbocycles. The molecule has 4 rings (SSSR count). The first kappa shape index (κ1) is 21.4. The van der Waals surface area contributed by atoms with Gasteiger partial charge in [-0.25, -0.2) is 9.59 Å². The van der Waals surface area contributed by atoms with E-state index in [4.69, 9.17) is 9.47 Å². The van der Waals surface area contributed by atoms with Gasteiger partial charge in [0.05, 0.1) is 11.7 Å². The van der Waals surface area contributed by atoms with Gasteiger partial charge in [-0.3, -0.25) is 4.90 Å². The number of hydrogen-bond acceptors (Lipinski definition) is 4. The molecule has 6 nitrogen and oxygen atoms in total. The Labute approximate surface area is 182 Å². The van der Waals surface area contributed by atoms with E-state index in [-0.39, 0.29) is 12.5 Å². The summed E-state index contributed by atoms with van der Waals surface area (Å²) in [7, 11) is 0. The molecule has 0 radical (unpaired) electrons. The third-order valence-electron chi connectivity index (χ3n) is 5.90. The van der Waals surface area contributed by atoms with Gasteiger partial charge in [0.15, 0.2) is 6.04 Å². The molecule has 0 spiro atoms. The summed E-state index contributed by atoms with van der Waals surface area (Å²) in [6, 6.07) is 15.2. The van der Waals surface area contributed by atoms with Crippen molar-refractivity contribution in [2.45, 2.75) is 57.3 Å². The average molecular weight is 424 g/mol. The third-order valence-corrected chi connectivity index (χ3v) is 5.90. The fourth-order valence-corrected chi connectivity index (χ4v) is 4.71. The predicted octanol–water partition coefficient (Wildman–Crippen LogP) is 4.67. The largest absolute Gasteiger partial charge is 0.480 e. The molecule has 164 valence electrons. The van der Waals surface area contributed by atoms with E-state index in [1.807, 2.05) is 45.0 Å². The zero-order valence-electron chi connectivity index (χ0n) is 18.2. The number of fused-ring (bicyclic) bond motifs is 3. The number of carbonyl (C=O) groups is 2. The zero-order chi connectivity index (χ0) is 22.2. The predicted molar refractivity (Wildman–Crippen MR) is 117 cm³/mol. The number of carboxylic acid groups (broad SMARTS) is 1. The highest BCUT2D eigenvalue weighted by Crippen LogP contribution is 2.44. The van der Waals surface area contributed by atoms with Crippen molar-refractivity contribution in [1.29, 1.82) is 0 Å². The van der Waals surface area contributed by atoms with Gasteiger partial charge in [0.2, 0.25) is 0 Å². The fraction of sp³-hybridized carbons (Fsp3) is 0.440. The molecule has 1 heterocycles. The minimum atomic E-state index is -1.07. The Morgan fingerprint density at radius 3 is 2.16 bits per heavy atom.